The highest BCUT2D eigenvalue weighted by molar-refractivity contribution is 5.46. The van der Waals surface area contributed by atoms with Crippen molar-refractivity contribution in [1.82, 2.24) is 0 Å². The SMILES string of the molecule is COc1cc(CO)c(CCCO)c(OC)c1. The van der Waals surface area contributed by atoms with Crippen LogP contribution in [-0.2, 0) is 13.0 Å². The smallest absolute Gasteiger partial charge is 0.126 e. The third-order valence-electron chi connectivity index (χ3n) is 2.49. The molecule has 0 aromatic heterocycles. The molecule has 16 heavy (non-hydrogen) atoms. The van der Waals surface area contributed by atoms with Gasteiger partial charge in [0, 0.05) is 12.7 Å². The lowest BCUT2D eigenvalue weighted by Crippen LogP contribution is -2.01. The van der Waals surface area contributed by atoms with Gasteiger partial charge in [-0.1, -0.05) is 0 Å². The Labute approximate surface area is 95.4 Å². The van der Waals surface area contributed by atoms with E-state index in [0.717, 1.165) is 11.1 Å². The van der Waals surface area contributed by atoms with Crippen molar-refractivity contribution in [3.05, 3.63) is 23.3 Å². The molecular formula is C12H18O4. The van der Waals surface area contributed by atoms with Gasteiger partial charge >= 0.3 is 0 Å². The molecule has 1 aromatic rings. The quantitative estimate of drug-likeness (QED) is 0.763. The fraction of sp³-hybridized carbons (Fsp3) is 0.500. The monoisotopic (exact) mass is 226 g/mol. The highest BCUT2D eigenvalue weighted by atomic mass is 16.5. The van der Waals surface area contributed by atoms with E-state index in [1.165, 1.54) is 0 Å². The van der Waals surface area contributed by atoms with Crippen molar-refractivity contribution in [3.63, 3.8) is 0 Å². The minimum absolute atomic E-state index is 0.0612. The highest BCUT2D eigenvalue weighted by Gasteiger charge is 2.11. The van der Waals surface area contributed by atoms with E-state index in [4.69, 9.17) is 14.6 Å². The van der Waals surface area contributed by atoms with Crippen LogP contribution < -0.4 is 9.47 Å². The molecule has 4 heteroatoms. The summed E-state index contributed by atoms with van der Waals surface area (Å²) in [4.78, 5) is 0. The summed E-state index contributed by atoms with van der Waals surface area (Å²) < 4.78 is 10.4. The van der Waals surface area contributed by atoms with E-state index in [1.54, 1.807) is 26.4 Å². The van der Waals surface area contributed by atoms with Gasteiger partial charge in [0.25, 0.3) is 0 Å². The summed E-state index contributed by atoms with van der Waals surface area (Å²) in [5, 5.41) is 18.1. The Balaban J connectivity index is 3.09. The molecule has 0 amide bonds. The van der Waals surface area contributed by atoms with Crippen molar-refractivity contribution in [1.29, 1.82) is 0 Å². The molecule has 4 nitrogen and oxygen atoms in total. The van der Waals surface area contributed by atoms with E-state index in [1.807, 2.05) is 0 Å². The van der Waals surface area contributed by atoms with Gasteiger partial charge in [-0.15, -0.1) is 0 Å². The van der Waals surface area contributed by atoms with Crippen LogP contribution in [-0.4, -0.2) is 31.0 Å². The normalized spacial score (nSPS) is 10.2. The van der Waals surface area contributed by atoms with Crippen molar-refractivity contribution in [2.75, 3.05) is 20.8 Å². The highest BCUT2D eigenvalue weighted by Crippen LogP contribution is 2.29. The van der Waals surface area contributed by atoms with Crippen LogP contribution in [0.15, 0.2) is 12.1 Å². The maximum Gasteiger partial charge on any atom is 0.126 e. The number of benzene rings is 1. The van der Waals surface area contributed by atoms with Crippen LogP contribution in [0.3, 0.4) is 0 Å². The Hall–Kier alpha value is -1.26. The Morgan fingerprint density at radius 3 is 2.38 bits per heavy atom. The van der Waals surface area contributed by atoms with E-state index in [-0.39, 0.29) is 13.2 Å². The molecule has 0 bridgehead atoms. The maximum absolute atomic E-state index is 9.28. The third kappa shape index (κ3) is 2.87. The molecule has 0 aliphatic carbocycles. The first-order chi connectivity index (χ1) is 7.76. The van der Waals surface area contributed by atoms with Crippen molar-refractivity contribution < 1.29 is 19.7 Å². The predicted molar refractivity (Wildman–Crippen MR) is 60.9 cm³/mol. The van der Waals surface area contributed by atoms with Crippen molar-refractivity contribution >= 4 is 0 Å². The Bertz CT molecular complexity index is 311. The zero-order chi connectivity index (χ0) is 12.0. The average molecular weight is 226 g/mol. The summed E-state index contributed by atoms with van der Waals surface area (Å²) >= 11 is 0. The Morgan fingerprint density at radius 2 is 1.88 bits per heavy atom. The van der Waals surface area contributed by atoms with Gasteiger partial charge in [-0.3, -0.25) is 0 Å². The molecule has 0 saturated heterocycles. The van der Waals surface area contributed by atoms with Gasteiger partial charge in [0.1, 0.15) is 11.5 Å². The van der Waals surface area contributed by atoms with Gasteiger partial charge in [-0.2, -0.15) is 0 Å². The van der Waals surface area contributed by atoms with Crippen molar-refractivity contribution in [2.24, 2.45) is 0 Å². The summed E-state index contributed by atoms with van der Waals surface area (Å²) in [6.45, 7) is 0.0639. The van der Waals surface area contributed by atoms with Crippen LogP contribution in [0.2, 0.25) is 0 Å². The van der Waals surface area contributed by atoms with Crippen molar-refractivity contribution in [2.45, 2.75) is 19.4 Å². The van der Waals surface area contributed by atoms with E-state index in [9.17, 15) is 5.11 Å². The molecule has 1 aromatic carbocycles. The van der Waals surface area contributed by atoms with E-state index in [2.05, 4.69) is 0 Å². The molecule has 0 atom stereocenters. The van der Waals surface area contributed by atoms with Gasteiger partial charge in [-0.25, -0.2) is 0 Å². The first-order valence-electron chi connectivity index (χ1n) is 5.22. The number of ether oxygens (including phenoxy) is 2. The third-order valence-corrected chi connectivity index (χ3v) is 2.49. The summed E-state index contributed by atoms with van der Waals surface area (Å²) in [6, 6.07) is 3.57. The summed E-state index contributed by atoms with van der Waals surface area (Å²) in [5.41, 5.74) is 1.71. The lowest BCUT2D eigenvalue weighted by Gasteiger charge is -2.14. The van der Waals surface area contributed by atoms with Gasteiger partial charge < -0.3 is 19.7 Å². The van der Waals surface area contributed by atoms with Gasteiger partial charge in [-0.05, 0) is 30.0 Å². The first kappa shape index (κ1) is 12.8. The molecule has 0 spiro atoms. The topological polar surface area (TPSA) is 58.9 Å². The van der Waals surface area contributed by atoms with Crippen LogP contribution >= 0.6 is 0 Å². The summed E-state index contributed by atoms with van der Waals surface area (Å²) in [6.07, 6.45) is 1.33. The molecule has 0 fully saturated rings. The predicted octanol–water partition coefficient (Wildman–Crippen LogP) is 1.12. The zero-order valence-corrected chi connectivity index (χ0v) is 9.69. The Morgan fingerprint density at radius 1 is 1.12 bits per heavy atom. The number of hydrogen-bond donors (Lipinski definition) is 2. The van der Waals surface area contributed by atoms with E-state index < -0.39 is 0 Å². The number of methoxy groups -OCH3 is 2. The van der Waals surface area contributed by atoms with Crippen LogP contribution in [0, 0.1) is 0 Å². The first-order valence-corrected chi connectivity index (χ1v) is 5.22. The minimum Gasteiger partial charge on any atom is -0.497 e. The molecule has 0 aliphatic heterocycles. The van der Waals surface area contributed by atoms with Crippen LogP contribution in [0.4, 0.5) is 0 Å². The fourth-order valence-corrected chi connectivity index (χ4v) is 1.66. The van der Waals surface area contributed by atoms with Gasteiger partial charge in [0.2, 0.25) is 0 Å². The van der Waals surface area contributed by atoms with E-state index >= 15 is 0 Å². The van der Waals surface area contributed by atoms with Crippen LogP contribution in [0.1, 0.15) is 17.5 Å². The Kier molecular flexibility index (Phi) is 5.08. The zero-order valence-electron chi connectivity index (χ0n) is 9.69. The molecule has 0 aliphatic rings. The molecule has 0 unspecified atom stereocenters. The van der Waals surface area contributed by atoms with E-state index in [0.29, 0.717) is 24.3 Å². The number of aliphatic hydroxyl groups excluding tert-OH is 2. The molecule has 0 radical (unpaired) electrons. The number of aliphatic hydroxyl groups is 2. The molecule has 90 valence electrons. The summed E-state index contributed by atoms with van der Waals surface area (Å²) in [5.74, 6) is 1.35. The molecule has 1 rings (SSSR count). The standard InChI is InChI=1S/C12H18O4/c1-15-10-6-9(8-14)11(4-3-5-13)12(7-10)16-2/h6-7,13-14H,3-5,8H2,1-2H3. The maximum atomic E-state index is 9.28. The second-order valence-electron chi connectivity index (χ2n) is 3.45. The second kappa shape index (κ2) is 6.35. The molecule has 0 heterocycles. The van der Waals surface area contributed by atoms with Crippen molar-refractivity contribution in [3.8, 4) is 11.5 Å². The van der Waals surface area contributed by atoms with Crippen LogP contribution in [0.25, 0.3) is 0 Å². The van der Waals surface area contributed by atoms with Crippen LogP contribution in [0.5, 0.6) is 11.5 Å². The molecular weight excluding hydrogens is 208 g/mol. The minimum atomic E-state index is -0.0612. The van der Waals surface area contributed by atoms with Gasteiger partial charge in [0.15, 0.2) is 0 Å². The number of rotatable bonds is 6. The molecule has 0 saturated carbocycles. The molecule has 2 N–H and O–H groups in total. The fourth-order valence-electron chi connectivity index (χ4n) is 1.66. The second-order valence-corrected chi connectivity index (χ2v) is 3.45. The number of hydrogen-bond acceptors (Lipinski definition) is 4. The lowest BCUT2D eigenvalue weighted by atomic mass is 10.0. The lowest BCUT2D eigenvalue weighted by molar-refractivity contribution is 0.274. The largest absolute Gasteiger partial charge is 0.497 e. The van der Waals surface area contributed by atoms with Gasteiger partial charge in [0.05, 0.1) is 20.8 Å². The summed E-state index contributed by atoms with van der Waals surface area (Å²) in [7, 11) is 3.15. The average Bonchev–Trinajstić information content (AvgIpc) is 2.35.